The maximum absolute atomic E-state index is 13.8. The van der Waals surface area contributed by atoms with E-state index in [2.05, 4.69) is 0 Å². The number of sulfonamides is 1. The fourth-order valence-electron chi connectivity index (χ4n) is 3.24. The van der Waals surface area contributed by atoms with Crippen LogP contribution in [-0.4, -0.2) is 68.2 Å². The van der Waals surface area contributed by atoms with Gasteiger partial charge in [0.25, 0.3) is 5.91 Å². The zero-order chi connectivity index (χ0) is 16.6. The van der Waals surface area contributed by atoms with E-state index in [1.165, 1.54) is 27.4 Å². The van der Waals surface area contributed by atoms with Crippen molar-refractivity contribution >= 4 is 15.9 Å². The van der Waals surface area contributed by atoms with E-state index >= 15 is 0 Å². The quantitative estimate of drug-likeness (QED) is 0.794. The number of carbonyl (C=O) groups excluding carboxylic acids is 1. The minimum absolute atomic E-state index is 0.00795. The van der Waals surface area contributed by atoms with Crippen LogP contribution in [0.25, 0.3) is 0 Å². The van der Waals surface area contributed by atoms with E-state index in [4.69, 9.17) is 4.74 Å². The summed E-state index contributed by atoms with van der Waals surface area (Å²) in [7, 11) is -3.38. The molecule has 2 heterocycles. The summed E-state index contributed by atoms with van der Waals surface area (Å²) < 4.78 is 44.8. The lowest BCUT2D eigenvalue weighted by molar-refractivity contribution is -0.0704. The number of amides is 1. The number of halogens is 1. The van der Waals surface area contributed by atoms with Crippen LogP contribution in [0.5, 0.6) is 0 Å². The molecule has 1 aromatic carbocycles. The standard InChI is InChI=1S/C15H19FN2O4S/c1-23(20,21)18-8-9-22-14-6-7-17(10-13(14)18)15(19)11-4-2-3-5-12(11)16/h2-5,13-14H,6-10H2,1H3/t13-,14-/m1/s1. The number of morpholine rings is 1. The summed E-state index contributed by atoms with van der Waals surface area (Å²) in [5.74, 6) is -0.986. The predicted molar refractivity (Wildman–Crippen MR) is 82.0 cm³/mol. The van der Waals surface area contributed by atoms with Gasteiger partial charge in [0, 0.05) is 19.6 Å². The van der Waals surface area contributed by atoms with E-state index in [9.17, 15) is 17.6 Å². The van der Waals surface area contributed by atoms with Gasteiger partial charge in [-0.1, -0.05) is 12.1 Å². The predicted octanol–water partition coefficient (Wildman–Crippen LogP) is 0.701. The van der Waals surface area contributed by atoms with Crippen LogP contribution in [0.2, 0.25) is 0 Å². The summed E-state index contributed by atoms with van der Waals surface area (Å²) in [5, 5.41) is 0. The Bertz CT molecular complexity index is 709. The summed E-state index contributed by atoms with van der Waals surface area (Å²) in [6.07, 6.45) is 1.48. The Morgan fingerprint density at radius 3 is 2.74 bits per heavy atom. The Balaban J connectivity index is 1.82. The monoisotopic (exact) mass is 342 g/mol. The lowest BCUT2D eigenvalue weighted by Gasteiger charge is -2.45. The van der Waals surface area contributed by atoms with E-state index in [0.29, 0.717) is 19.6 Å². The molecule has 0 aliphatic carbocycles. The smallest absolute Gasteiger partial charge is 0.256 e. The highest BCUT2D eigenvalue weighted by atomic mass is 32.2. The molecule has 1 aromatic rings. The van der Waals surface area contributed by atoms with Crippen LogP contribution >= 0.6 is 0 Å². The van der Waals surface area contributed by atoms with Crippen molar-refractivity contribution in [2.24, 2.45) is 0 Å². The van der Waals surface area contributed by atoms with Crippen molar-refractivity contribution in [2.75, 3.05) is 32.5 Å². The van der Waals surface area contributed by atoms with Crippen molar-refractivity contribution < 1.29 is 22.3 Å². The molecule has 8 heteroatoms. The summed E-state index contributed by atoms with van der Waals surface area (Å²) in [4.78, 5) is 14.0. The number of fused-ring (bicyclic) bond motifs is 1. The highest BCUT2D eigenvalue weighted by molar-refractivity contribution is 7.88. The molecule has 0 aromatic heterocycles. The van der Waals surface area contributed by atoms with Gasteiger partial charge >= 0.3 is 0 Å². The summed E-state index contributed by atoms with van der Waals surface area (Å²) >= 11 is 0. The molecule has 2 atom stereocenters. The maximum Gasteiger partial charge on any atom is 0.256 e. The Morgan fingerprint density at radius 2 is 2.04 bits per heavy atom. The van der Waals surface area contributed by atoms with Gasteiger partial charge < -0.3 is 9.64 Å². The summed E-state index contributed by atoms with van der Waals surface area (Å²) in [6, 6.07) is 5.40. The second-order valence-corrected chi connectivity index (χ2v) is 7.81. The molecular weight excluding hydrogens is 323 g/mol. The molecule has 0 saturated carbocycles. The molecule has 2 aliphatic heterocycles. The molecular formula is C15H19FN2O4S. The molecule has 3 rings (SSSR count). The molecule has 6 nitrogen and oxygen atoms in total. The highest BCUT2D eigenvalue weighted by Crippen LogP contribution is 2.26. The zero-order valence-corrected chi connectivity index (χ0v) is 13.6. The number of likely N-dealkylation sites (tertiary alicyclic amines) is 1. The number of ether oxygens (including phenoxy) is 1. The number of hydrogen-bond acceptors (Lipinski definition) is 4. The first kappa shape index (κ1) is 16.4. The number of piperidine rings is 1. The first-order valence-corrected chi connectivity index (χ1v) is 9.35. The van der Waals surface area contributed by atoms with Gasteiger partial charge in [-0.15, -0.1) is 0 Å². The minimum atomic E-state index is -3.38. The maximum atomic E-state index is 13.8. The van der Waals surface area contributed by atoms with Gasteiger partial charge in [0.2, 0.25) is 10.0 Å². The topological polar surface area (TPSA) is 66.9 Å². The van der Waals surface area contributed by atoms with Crippen LogP contribution in [0, 0.1) is 5.82 Å². The third-order valence-corrected chi connectivity index (χ3v) is 5.66. The third kappa shape index (κ3) is 3.24. The van der Waals surface area contributed by atoms with Crippen LogP contribution in [0.3, 0.4) is 0 Å². The molecule has 23 heavy (non-hydrogen) atoms. The number of rotatable bonds is 2. The van der Waals surface area contributed by atoms with Gasteiger partial charge in [-0.2, -0.15) is 4.31 Å². The molecule has 0 radical (unpaired) electrons. The lowest BCUT2D eigenvalue weighted by Crippen LogP contribution is -2.61. The Labute approximate surface area is 134 Å². The van der Waals surface area contributed by atoms with Gasteiger partial charge in [-0.25, -0.2) is 12.8 Å². The fourth-order valence-corrected chi connectivity index (χ4v) is 4.34. The second-order valence-electron chi connectivity index (χ2n) is 5.87. The SMILES string of the molecule is CS(=O)(=O)N1CCO[C@@H]2CCN(C(=O)c3ccccc3F)C[C@H]21. The van der Waals surface area contributed by atoms with E-state index < -0.39 is 27.8 Å². The highest BCUT2D eigenvalue weighted by Gasteiger charge is 2.42. The molecule has 0 bridgehead atoms. The molecule has 0 spiro atoms. The number of carbonyl (C=O) groups is 1. The average molecular weight is 342 g/mol. The molecule has 2 saturated heterocycles. The number of hydrogen-bond donors (Lipinski definition) is 0. The first-order chi connectivity index (χ1) is 10.9. The van der Waals surface area contributed by atoms with Crippen molar-refractivity contribution in [3.63, 3.8) is 0 Å². The van der Waals surface area contributed by atoms with Gasteiger partial charge in [0.1, 0.15) is 5.82 Å². The molecule has 0 unspecified atom stereocenters. The summed E-state index contributed by atoms with van der Waals surface area (Å²) in [6.45, 7) is 1.27. The van der Waals surface area contributed by atoms with Crippen molar-refractivity contribution in [2.45, 2.75) is 18.6 Å². The molecule has 0 N–H and O–H groups in total. The van der Waals surface area contributed by atoms with E-state index in [1.807, 2.05) is 0 Å². The minimum Gasteiger partial charge on any atom is -0.375 e. The Morgan fingerprint density at radius 1 is 1.30 bits per heavy atom. The lowest BCUT2D eigenvalue weighted by atomic mass is 9.99. The van der Waals surface area contributed by atoms with Crippen molar-refractivity contribution in [1.82, 2.24) is 9.21 Å². The van der Waals surface area contributed by atoms with Crippen LogP contribution in [-0.2, 0) is 14.8 Å². The van der Waals surface area contributed by atoms with Gasteiger partial charge in [0.15, 0.2) is 0 Å². The van der Waals surface area contributed by atoms with Crippen LogP contribution in [0.4, 0.5) is 4.39 Å². The molecule has 2 fully saturated rings. The van der Waals surface area contributed by atoms with Gasteiger partial charge in [-0.05, 0) is 18.6 Å². The molecule has 2 aliphatic rings. The third-order valence-electron chi connectivity index (χ3n) is 4.35. The van der Waals surface area contributed by atoms with Crippen LogP contribution in [0.1, 0.15) is 16.8 Å². The zero-order valence-electron chi connectivity index (χ0n) is 12.8. The van der Waals surface area contributed by atoms with E-state index in [1.54, 1.807) is 6.07 Å². The van der Waals surface area contributed by atoms with E-state index in [0.717, 1.165) is 6.26 Å². The van der Waals surface area contributed by atoms with Gasteiger partial charge in [0.05, 0.1) is 30.6 Å². The van der Waals surface area contributed by atoms with Crippen LogP contribution in [0.15, 0.2) is 24.3 Å². The Kier molecular flexibility index (Phi) is 4.39. The Hall–Kier alpha value is -1.51. The van der Waals surface area contributed by atoms with Gasteiger partial charge in [-0.3, -0.25) is 4.79 Å². The molecule has 126 valence electrons. The summed E-state index contributed by atoms with van der Waals surface area (Å²) in [5.41, 5.74) is 0.00795. The van der Waals surface area contributed by atoms with Crippen molar-refractivity contribution in [3.8, 4) is 0 Å². The second kappa shape index (κ2) is 6.18. The number of nitrogens with zero attached hydrogens (tertiary/aromatic N) is 2. The number of benzene rings is 1. The van der Waals surface area contributed by atoms with Crippen molar-refractivity contribution in [1.29, 1.82) is 0 Å². The van der Waals surface area contributed by atoms with Crippen LogP contribution < -0.4 is 0 Å². The van der Waals surface area contributed by atoms with E-state index in [-0.39, 0.29) is 24.8 Å². The largest absolute Gasteiger partial charge is 0.375 e. The average Bonchev–Trinajstić information content (AvgIpc) is 2.52. The normalized spacial score (nSPS) is 25.9. The first-order valence-electron chi connectivity index (χ1n) is 7.50. The van der Waals surface area contributed by atoms with Crippen molar-refractivity contribution in [3.05, 3.63) is 35.6 Å². The molecule has 1 amide bonds. The fraction of sp³-hybridized carbons (Fsp3) is 0.533.